The average Bonchev–Trinajstić information content (AvgIpc) is 3.08. The summed E-state index contributed by atoms with van der Waals surface area (Å²) in [6.07, 6.45) is 3.28. The smallest absolute Gasteiger partial charge is 0.434 e. The molecule has 3 rings (SSSR count). The minimum absolute atomic E-state index is 0.243. The summed E-state index contributed by atoms with van der Waals surface area (Å²) in [7, 11) is 2.26. The molecule has 6 heteroatoms. The van der Waals surface area contributed by atoms with Gasteiger partial charge in [-0.2, -0.15) is 0 Å². The summed E-state index contributed by atoms with van der Waals surface area (Å²) >= 11 is 0. The number of carbonyl (C=O) groups is 1. The minimum atomic E-state index is -0.712. The van der Waals surface area contributed by atoms with Gasteiger partial charge < -0.3 is 9.47 Å². The largest absolute Gasteiger partial charge is 0.513 e. The molecule has 23 heavy (non-hydrogen) atoms. The van der Waals surface area contributed by atoms with E-state index in [-0.39, 0.29) is 11.0 Å². The molecule has 0 bridgehead atoms. The molecule has 0 N–H and O–H groups in total. The lowest BCUT2D eigenvalue weighted by molar-refractivity contribution is 0.0924. The first-order valence-corrected chi connectivity index (χ1v) is 7.87. The summed E-state index contributed by atoms with van der Waals surface area (Å²) < 4.78 is 10.4. The fourth-order valence-corrected chi connectivity index (χ4v) is 3.57. The van der Waals surface area contributed by atoms with Crippen molar-refractivity contribution in [2.24, 2.45) is 17.0 Å². The Labute approximate surface area is 136 Å². The molecule has 5 nitrogen and oxygen atoms in total. The number of nitroso groups, excluding NO2 is 1. The number of ether oxygens (including phenoxy) is 2. The second kappa shape index (κ2) is 6.45. The van der Waals surface area contributed by atoms with Gasteiger partial charge in [0.1, 0.15) is 19.3 Å². The minimum Gasteiger partial charge on any atom is -0.434 e. The zero-order chi connectivity index (χ0) is 16.3. The van der Waals surface area contributed by atoms with Gasteiger partial charge >= 0.3 is 6.16 Å². The molecule has 1 saturated carbocycles. The number of benzene rings is 1. The molecule has 0 aliphatic heterocycles. The number of fused-ring (bicyclic) bond motifs is 1. The topological polar surface area (TPSA) is 65.0 Å². The molecular weight excluding hydrogens is 293 g/mol. The van der Waals surface area contributed by atoms with E-state index in [1.165, 1.54) is 24.3 Å². The average molecular weight is 311 g/mol. The summed E-state index contributed by atoms with van der Waals surface area (Å²) in [5.74, 6) is 7.67. The zero-order valence-corrected chi connectivity index (χ0v) is 13.1. The molecule has 1 fully saturated rings. The number of hydrogen-bond donors (Lipinski definition) is 0. The highest BCUT2D eigenvalue weighted by atomic mass is 16.7. The highest BCUT2D eigenvalue weighted by Gasteiger charge is 2.59. The molecule has 0 spiro atoms. The summed E-state index contributed by atoms with van der Waals surface area (Å²) in [6.45, 7) is 0.383. The molecular formula is C17H18BNO4. The van der Waals surface area contributed by atoms with Crippen LogP contribution in [0.4, 0.5) is 10.5 Å². The molecule has 0 amide bonds. The lowest BCUT2D eigenvalue weighted by Crippen LogP contribution is -2.13. The highest BCUT2D eigenvalue weighted by Crippen LogP contribution is 2.68. The van der Waals surface area contributed by atoms with Crippen molar-refractivity contribution in [2.45, 2.75) is 31.0 Å². The third-order valence-electron chi connectivity index (χ3n) is 5.09. The van der Waals surface area contributed by atoms with Crippen LogP contribution in [0.2, 0.25) is 5.31 Å². The fourth-order valence-electron chi connectivity index (χ4n) is 3.57. The summed E-state index contributed by atoms with van der Waals surface area (Å²) in [4.78, 5) is 22.1. The van der Waals surface area contributed by atoms with Crippen molar-refractivity contribution in [1.82, 2.24) is 0 Å². The van der Waals surface area contributed by atoms with Crippen LogP contribution < -0.4 is 4.74 Å². The van der Waals surface area contributed by atoms with E-state index in [0.717, 1.165) is 25.7 Å². The van der Waals surface area contributed by atoms with Gasteiger partial charge in [-0.05, 0) is 59.4 Å². The Morgan fingerprint density at radius 2 is 2.04 bits per heavy atom. The van der Waals surface area contributed by atoms with Gasteiger partial charge in [-0.15, -0.1) is 16.7 Å². The zero-order valence-electron chi connectivity index (χ0n) is 13.1. The maximum atomic E-state index is 11.8. The summed E-state index contributed by atoms with van der Waals surface area (Å²) in [5, 5.41) is 3.03. The van der Waals surface area contributed by atoms with Crippen LogP contribution in [-0.2, 0) is 4.74 Å². The van der Waals surface area contributed by atoms with Crippen molar-refractivity contribution in [3.05, 3.63) is 29.2 Å². The predicted octanol–water partition coefficient (Wildman–Crippen LogP) is 3.22. The number of nitrogens with zero attached hydrogens (tertiary/aromatic N) is 1. The number of rotatable bonds is 4. The molecule has 0 heterocycles. The molecule has 0 radical (unpaired) electrons. The van der Waals surface area contributed by atoms with Crippen LogP contribution >= 0.6 is 0 Å². The Bertz CT molecular complexity index is 663. The Balaban J connectivity index is 1.48. The first-order chi connectivity index (χ1) is 11.1. The standard InChI is InChI=1S/C17H18BNO4/c18-17-10-4-2-1-3-5-14(17)15(17)11-22-16(20)23-13-8-6-12(19-21)7-9-13/h6-9,14-15H,3-5,10-11,18H2/t14?,15?,17-/m0/s1. The van der Waals surface area contributed by atoms with E-state index < -0.39 is 6.16 Å². The van der Waals surface area contributed by atoms with Crippen molar-refractivity contribution in [1.29, 1.82) is 0 Å². The SMILES string of the molecule is B[C@@]12CCC#CCCC1C2COC(=O)Oc1ccc(N=O)cc1. The molecule has 1 aromatic rings. The van der Waals surface area contributed by atoms with Crippen LogP contribution in [-0.4, -0.2) is 20.6 Å². The second-order valence-electron chi connectivity index (χ2n) is 6.36. The molecule has 0 aromatic heterocycles. The van der Waals surface area contributed by atoms with Crippen molar-refractivity contribution >= 4 is 19.7 Å². The van der Waals surface area contributed by atoms with Crippen molar-refractivity contribution in [3.63, 3.8) is 0 Å². The number of hydrogen-bond acceptors (Lipinski definition) is 5. The Kier molecular flexibility index (Phi) is 4.38. The van der Waals surface area contributed by atoms with Gasteiger partial charge in [0.2, 0.25) is 0 Å². The molecule has 3 atom stereocenters. The maximum absolute atomic E-state index is 11.8. The van der Waals surface area contributed by atoms with Gasteiger partial charge in [-0.3, -0.25) is 0 Å². The first-order valence-electron chi connectivity index (χ1n) is 7.87. The van der Waals surface area contributed by atoms with Gasteiger partial charge in [-0.1, -0.05) is 0 Å². The van der Waals surface area contributed by atoms with Crippen LogP contribution in [0.3, 0.4) is 0 Å². The van der Waals surface area contributed by atoms with E-state index in [1.807, 2.05) is 0 Å². The van der Waals surface area contributed by atoms with Gasteiger partial charge in [0, 0.05) is 12.8 Å². The monoisotopic (exact) mass is 311 g/mol. The Morgan fingerprint density at radius 3 is 2.78 bits per heavy atom. The Morgan fingerprint density at radius 1 is 1.30 bits per heavy atom. The third kappa shape index (κ3) is 3.39. The van der Waals surface area contributed by atoms with E-state index in [9.17, 15) is 9.70 Å². The summed E-state index contributed by atoms with van der Waals surface area (Å²) in [6, 6.07) is 6.00. The van der Waals surface area contributed by atoms with E-state index in [1.54, 1.807) is 0 Å². The second-order valence-corrected chi connectivity index (χ2v) is 6.36. The molecule has 2 aliphatic carbocycles. The predicted molar refractivity (Wildman–Crippen MR) is 88.3 cm³/mol. The van der Waals surface area contributed by atoms with Crippen LogP contribution in [0.1, 0.15) is 25.7 Å². The molecule has 2 aliphatic rings. The first kappa shape index (κ1) is 15.6. The van der Waals surface area contributed by atoms with Gasteiger partial charge in [-0.25, -0.2) is 4.79 Å². The lowest BCUT2D eigenvalue weighted by Gasteiger charge is -2.11. The van der Waals surface area contributed by atoms with Gasteiger partial charge in [0.15, 0.2) is 0 Å². The molecule has 1 aromatic carbocycles. The van der Waals surface area contributed by atoms with E-state index in [2.05, 4.69) is 24.9 Å². The van der Waals surface area contributed by atoms with Crippen molar-refractivity contribution in [2.75, 3.05) is 6.61 Å². The fraction of sp³-hybridized carbons (Fsp3) is 0.471. The van der Waals surface area contributed by atoms with Crippen LogP contribution in [0.25, 0.3) is 0 Å². The van der Waals surface area contributed by atoms with Crippen LogP contribution in [0.5, 0.6) is 5.75 Å². The molecule has 118 valence electrons. The van der Waals surface area contributed by atoms with Crippen molar-refractivity contribution < 1.29 is 14.3 Å². The quantitative estimate of drug-likeness (QED) is 0.281. The van der Waals surface area contributed by atoms with Crippen molar-refractivity contribution in [3.8, 4) is 17.6 Å². The Hall–Kier alpha value is -2.29. The highest BCUT2D eigenvalue weighted by molar-refractivity contribution is 6.18. The van der Waals surface area contributed by atoms with Gasteiger partial charge in [0.25, 0.3) is 0 Å². The maximum Gasteiger partial charge on any atom is 0.513 e. The van der Waals surface area contributed by atoms with E-state index in [0.29, 0.717) is 24.2 Å². The molecule has 2 unspecified atom stereocenters. The van der Waals surface area contributed by atoms with Gasteiger partial charge in [0.05, 0.1) is 6.61 Å². The molecule has 0 saturated heterocycles. The number of carbonyl (C=O) groups excluding carboxylic acids is 1. The third-order valence-corrected chi connectivity index (χ3v) is 5.09. The van der Waals surface area contributed by atoms with Crippen LogP contribution in [0, 0.1) is 28.6 Å². The lowest BCUT2D eigenvalue weighted by atomic mass is 9.75. The van der Waals surface area contributed by atoms with E-state index in [4.69, 9.17) is 9.47 Å². The van der Waals surface area contributed by atoms with E-state index >= 15 is 0 Å². The van der Waals surface area contributed by atoms with Crippen LogP contribution in [0.15, 0.2) is 29.4 Å². The summed E-state index contributed by atoms with van der Waals surface area (Å²) in [5.41, 5.74) is 0.287. The normalized spacial score (nSPS) is 28.2.